The fourth-order valence-corrected chi connectivity index (χ4v) is 1.91. The Labute approximate surface area is 101 Å². The Balaban J connectivity index is 2.04. The van der Waals surface area contributed by atoms with E-state index in [4.69, 9.17) is 0 Å². The van der Waals surface area contributed by atoms with Crippen molar-refractivity contribution in [1.29, 1.82) is 0 Å². The minimum absolute atomic E-state index is 0.239. The number of nitrogens with zero attached hydrogens (tertiary/aromatic N) is 3. The quantitative estimate of drug-likeness (QED) is 0.728. The van der Waals surface area contributed by atoms with Crippen LogP contribution in [0.2, 0.25) is 0 Å². The second-order valence-electron chi connectivity index (χ2n) is 4.14. The molecular weight excluding hydrogens is 216 g/mol. The molecule has 2 heterocycles. The van der Waals surface area contributed by atoms with Crippen LogP contribution in [0.1, 0.15) is 18.2 Å². The van der Waals surface area contributed by atoms with Gasteiger partial charge in [0.05, 0.1) is 18.4 Å². The number of nitrogens with one attached hydrogen (secondary N) is 1. The number of fused-ring (bicyclic) bond motifs is 1. The van der Waals surface area contributed by atoms with E-state index in [9.17, 15) is 4.79 Å². The average molecular weight is 232 g/mol. The highest BCUT2D eigenvalue weighted by Gasteiger charge is 2.17. The third-order valence-electron chi connectivity index (χ3n) is 2.83. The van der Waals surface area contributed by atoms with Crippen LogP contribution in [0.3, 0.4) is 0 Å². The van der Waals surface area contributed by atoms with Gasteiger partial charge in [-0.1, -0.05) is 5.92 Å². The number of likely N-dealkylation sites (N-methyl/N-ethyl adjacent to an activating group) is 1. The van der Waals surface area contributed by atoms with Crippen LogP contribution in [0.25, 0.3) is 0 Å². The fraction of sp³-hybridized carbons (Fsp3) is 0.500. The van der Waals surface area contributed by atoms with Gasteiger partial charge < -0.3 is 5.32 Å². The average Bonchev–Trinajstić information content (AvgIpc) is 2.69. The van der Waals surface area contributed by atoms with E-state index in [1.54, 1.807) is 6.92 Å². The van der Waals surface area contributed by atoms with Gasteiger partial charge in [-0.15, -0.1) is 0 Å². The number of rotatable bonds is 2. The molecule has 1 aliphatic rings. The first-order valence-corrected chi connectivity index (χ1v) is 5.63. The van der Waals surface area contributed by atoms with E-state index in [-0.39, 0.29) is 5.91 Å². The zero-order valence-electron chi connectivity index (χ0n) is 10.2. The Morgan fingerprint density at radius 2 is 2.41 bits per heavy atom. The lowest BCUT2D eigenvalue weighted by Crippen LogP contribution is -2.31. The molecule has 5 nitrogen and oxygen atoms in total. The van der Waals surface area contributed by atoms with E-state index in [1.165, 1.54) is 5.69 Å². The molecule has 1 aromatic rings. The highest BCUT2D eigenvalue weighted by atomic mass is 16.1. The molecule has 1 amide bonds. The van der Waals surface area contributed by atoms with Gasteiger partial charge in [0.25, 0.3) is 5.91 Å². The molecule has 0 atom stereocenters. The van der Waals surface area contributed by atoms with Crippen LogP contribution in [0.15, 0.2) is 6.20 Å². The van der Waals surface area contributed by atoms with Gasteiger partial charge in [0, 0.05) is 25.2 Å². The molecule has 0 aliphatic carbocycles. The van der Waals surface area contributed by atoms with Gasteiger partial charge in [0.1, 0.15) is 0 Å². The highest BCUT2D eigenvalue weighted by Crippen LogP contribution is 2.14. The van der Waals surface area contributed by atoms with Crippen molar-refractivity contribution in [3.05, 3.63) is 17.5 Å². The van der Waals surface area contributed by atoms with Gasteiger partial charge >= 0.3 is 0 Å². The Hall–Kier alpha value is -1.80. The van der Waals surface area contributed by atoms with E-state index < -0.39 is 0 Å². The molecular formula is C12H16N4O. The van der Waals surface area contributed by atoms with Crippen molar-refractivity contribution in [2.45, 2.75) is 26.6 Å². The first-order chi connectivity index (χ1) is 8.20. The molecule has 0 aromatic carbocycles. The summed E-state index contributed by atoms with van der Waals surface area (Å²) in [6.45, 7) is 4.95. The molecule has 2 rings (SSSR count). The van der Waals surface area contributed by atoms with E-state index in [0.717, 1.165) is 25.2 Å². The van der Waals surface area contributed by atoms with Crippen LogP contribution >= 0.6 is 0 Å². The minimum atomic E-state index is -0.239. The van der Waals surface area contributed by atoms with Gasteiger partial charge in [-0.05, 0) is 19.9 Å². The lowest BCUT2D eigenvalue weighted by Gasteiger charge is -2.24. The number of hydrogen-bond acceptors (Lipinski definition) is 3. The van der Waals surface area contributed by atoms with Crippen molar-refractivity contribution in [2.75, 3.05) is 13.6 Å². The number of aromatic nitrogens is 2. The van der Waals surface area contributed by atoms with Crippen LogP contribution in [-0.2, 0) is 24.4 Å². The summed E-state index contributed by atoms with van der Waals surface area (Å²) in [6, 6.07) is 0. The molecule has 0 spiro atoms. The summed E-state index contributed by atoms with van der Waals surface area (Å²) in [7, 11) is 2.08. The van der Waals surface area contributed by atoms with E-state index in [0.29, 0.717) is 6.54 Å². The number of hydrogen-bond donors (Lipinski definition) is 1. The second-order valence-corrected chi connectivity index (χ2v) is 4.14. The second kappa shape index (κ2) is 5.02. The highest BCUT2D eigenvalue weighted by molar-refractivity contribution is 5.93. The maximum atomic E-state index is 11.2. The molecule has 0 radical (unpaired) electrons. The summed E-state index contributed by atoms with van der Waals surface area (Å²) < 4.78 is 2.01. The standard InChI is InChI=1S/C12H16N4O/c1-3-4-12(17)13-7-10-8-14-16-6-5-15(2)9-11(10)16/h8H,5-7,9H2,1-2H3,(H,13,17). The van der Waals surface area contributed by atoms with Crippen molar-refractivity contribution < 1.29 is 4.79 Å². The molecule has 5 heteroatoms. The van der Waals surface area contributed by atoms with Crippen molar-refractivity contribution in [3.8, 4) is 11.8 Å². The summed E-state index contributed by atoms with van der Waals surface area (Å²) in [5, 5.41) is 7.08. The van der Waals surface area contributed by atoms with Crippen LogP contribution in [0.4, 0.5) is 0 Å². The molecule has 0 saturated carbocycles. The molecule has 0 bridgehead atoms. The van der Waals surface area contributed by atoms with Crippen LogP contribution < -0.4 is 5.32 Å². The van der Waals surface area contributed by atoms with Crippen LogP contribution in [-0.4, -0.2) is 34.2 Å². The topological polar surface area (TPSA) is 50.2 Å². The predicted molar refractivity (Wildman–Crippen MR) is 63.9 cm³/mol. The third-order valence-corrected chi connectivity index (χ3v) is 2.83. The molecule has 90 valence electrons. The van der Waals surface area contributed by atoms with E-state index in [2.05, 4.69) is 34.2 Å². The van der Waals surface area contributed by atoms with Crippen LogP contribution in [0.5, 0.6) is 0 Å². The zero-order valence-corrected chi connectivity index (χ0v) is 10.2. The summed E-state index contributed by atoms with van der Waals surface area (Å²) >= 11 is 0. The Bertz CT molecular complexity index is 480. The first-order valence-electron chi connectivity index (χ1n) is 5.63. The Morgan fingerprint density at radius 1 is 1.59 bits per heavy atom. The monoisotopic (exact) mass is 232 g/mol. The van der Waals surface area contributed by atoms with E-state index in [1.807, 2.05) is 10.9 Å². The molecule has 1 N–H and O–H groups in total. The van der Waals surface area contributed by atoms with Crippen LogP contribution in [0, 0.1) is 11.8 Å². The van der Waals surface area contributed by atoms with Crippen molar-refractivity contribution in [2.24, 2.45) is 0 Å². The van der Waals surface area contributed by atoms with Gasteiger partial charge in [-0.2, -0.15) is 5.10 Å². The molecule has 0 saturated heterocycles. The summed E-state index contributed by atoms with van der Waals surface area (Å²) in [5.41, 5.74) is 2.26. The number of amides is 1. The largest absolute Gasteiger partial charge is 0.341 e. The van der Waals surface area contributed by atoms with Gasteiger partial charge in [0.2, 0.25) is 0 Å². The predicted octanol–water partition coefficient (Wildman–Crippen LogP) is -0.0320. The van der Waals surface area contributed by atoms with Crippen molar-refractivity contribution >= 4 is 5.91 Å². The summed E-state index contributed by atoms with van der Waals surface area (Å²) in [4.78, 5) is 13.5. The summed E-state index contributed by atoms with van der Waals surface area (Å²) in [6.07, 6.45) is 1.83. The van der Waals surface area contributed by atoms with Gasteiger partial charge in [0.15, 0.2) is 0 Å². The Kier molecular flexibility index (Phi) is 3.45. The fourth-order valence-electron chi connectivity index (χ4n) is 1.91. The third kappa shape index (κ3) is 2.66. The minimum Gasteiger partial charge on any atom is -0.341 e. The van der Waals surface area contributed by atoms with Crippen molar-refractivity contribution in [1.82, 2.24) is 20.0 Å². The zero-order chi connectivity index (χ0) is 12.3. The molecule has 1 aromatic heterocycles. The Morgan fingerprint density at radius 3 is 3.18 bits per heavy atom. The lowest BCUT2D eigenvalue weighted by molar-refractivity contribution is -0.115. The lowest BCUT2D eigenvalue weighted by atomic mass is 10.2. The molecule has 0 fully saturated rings. The number of carbonyl (C=O) groups excluding carboxylic acids is 1. The SMILES string of the molecule is CC#CC(=O)NCc1cnn2c1CN(C)CC2. The van der Waals surface area contributed by atoms with Gasteiger partial charge in [-0.25, -0.2) is 0 Å². The molecule has 1 aliphatic heterocycles. The molecule has 0 unspecified atom stereocenters. The maximum absolute atomic E-state index is 11.2. The normalized spacial score (nSPS) is 14.7. The van der Waals surface area contributed by atoms with Gasteiger partial charge in [-0.3, -0.25) is 14.4 Å². The van der Waals surface area contributed by atoms with Crippen molar-refractivity contribution in [3.63, 3.8) is 0 Å². The smallest absolute Gasteiger partial charge is 0.296 e. The first kappa shape index (κ1) is 11.7. The maximum Gasteiger partial charge on any atom is 0.296 e. The number of carbonyl (C=O) groups is 1. The molecule has 17 heavy (non-hydrogen) atoms. The van der Waals surface area contributed by atoms with E-state index >= 15 is 0 Å². The summed E-state index contributed by atoms with van der Waals surface area (Å²) in [5.74, 6) is 4.80.